The van der Waals surface area contributed by atoms with Gasteiger partial charge < -0.3 is 0 Å². The van der Waals surface area contributed by atoms with Gasteiger partial charge in [-0.1, -0.05) is 0 Å². The van der Waals surface area contributed by atoms with Crippen molar-refractivity contribution in [2.24, 2.45) is 0 Å². The van der Waals surface area contributed by atoms with E-state index in [0.29, 0.717) is 0 Å². The van der Waals surface area contributed by atoms with E-state index in [1.165, 1.54) is 0 Å². The largest absolute Gasteiger partial charge is 0.394 e. The molecule has 0 aromatic carbocycles. The highest BCUT2D eigenvalue weighted by molar-refractivity contribution is 7.87. The Morgan fingerprint density at radius 2 is 2.00 bits per heavy atom. The van der Waals surface area contributed by atoms with E-state index < -0.39 is 45.8 Å². The second-order valence-corrected chi connectivity index (χ2v) is 5.99. The van der Waals surface area contributed by atoms with E-state index in [1.807, 2.05) is 0 Å². The second kappa shape index (κ2) is 4.98. The molecule has 2 atom stereocenters. The molecule has 1 rings (SSSR count). The first-order valence-corrected chi connectivity index (χ1v) is 7.03. The molecule has 0 spiro atoms. The van der Waals surface area contributed by atoms with Gasteiger partial charge in [-0.2, -0.15) is 21.6 Å². The predicted molar refractivity (Wildman–Crippen MR) is 48.0 cm³/mol. The monoisotopic (exact) mass is 282 g/mol. The maximum atomic E-state index is 12.0. The average Bonchev–Trinajstić information content (AvgIpc) is 1.95. The van der Waals surface area contributed by atoms with Gasteiger partial charge >= 0.3 is 6.18 Å². The molecule has 0 saturated carbocycles. The minimum Gasteiger partial charge on any atom is -0.257 e. The first kappa shape index (κ1) is 13.9. The van der Waals surface area contributed by atoms with Crippen LogP contribution in [0.1, 0.15) is 12.8 Å². The summed E-state index contributed by atoms with van der Waals surface area (Å²) in [5.41, 5.74) is 0. The Hall–Kier alpha value is -0.190. The van der Waals surface area contributed by atoms with Crippen molar-refractivity contribution in [3.8, 4) is 0 Å². The standard InChI is InChI=1S/C6H9F3O5S2/c7-6(8,9)4-5-13-15(10)2-1-3-16(11,12)14-5/h5H,1-4H2. The summed E-state index contributed by atoms with van der Waals surface area (Å²) in [6.07, 6.45) is -8.30. The number of hydrogen-bond acceptors (Lipinski definition) is 5. The van der Waals surface area contributed by atoms with Crippen LogP contribution < -0.4 is 0 Å². The molecule has 96 valence electrons. The molecule has 1 fully saturated rings. The molecule has 1 heterocycles. The fraction of sp³-hybridized carbons (Fsp3) is 1.00. The van der Waals surface area contributed by atoms with E-state index in [-0.39, 0.29) is 12.2 Å². The van der Waals surface area contributed by atoms with Crippen LogP contribution in [0, 0.1) is 0 Å². The lowest BCUT2D eigenvalue weighted by molar-refractivity contribution is -0.173. The van der Waals surface area contributed by atoms with Crippen LogP contribution >= 0.6 is 0 Å². The van der Waals surface area contributed by atoms with Crippen molar-refractivity contribution in [3.05, 3.63) is 0 Å². The lowest BCUT2D eigenvalue weighted by atomic mass is 10.4. The van der Waals surface area contributed by atoms with Crippen LogP contribution in [0.25, 0.3) is 0 Å². The first-order chi connectivity index (χ1) is 7.18. The smallest absolute Gasteiger partial charge is 0.257 e. The fourth-order valence-electron chi connectivity index (χ4n) is 1.01. The Morgan fingerprint density at radius 1 is 1.38 bits per heavy atom. The first-order valence-electron chi connectivity index (χ1n) is 4.21. The summed E-state index contributed by atoms with van der Waals surface area (Å²) >= 11 is -1.96. The molecule has 2 unspecified atom stereocenters. The summed E-state index contributed by atoms with van der Waals surface area (Å²) in [6.45, 7) is 0. The zero-order valence-corrected chi connectivity index (χ0v) is 9.53. The number of rotatable bonds is 1. The minimum absolute atomic E-state index is 0.0215. The highest BCUT2D eigenvalue weighted by atomic mass is 32.2. The van der Waals surface area contributed by atoms with Crippen molar-refractivity contribution in [1.82, 2.24) is 0 Å². The molecule has 1 saturated heterocycles. The van der Waals surface area contributed by atoms with Gasteiger partial charge in [-0.25, -0.2) is 8.39 Å². The van der Waals surface area contributed by atoms with Crippen LogP contribution in [-0.4, -0.2) is 36.6 Å². The molecule has 1 aliphatic rings. The van der Waals surface area contributed by atoms with Crippen molar-refractivity contribution in [1.29, 1.82) is 0 Å². The predicted octanol–water partition coefficient (Wildman–Crippen LogP) is 0.695. The third kappa shape index (κ3) is 5.23. The number of halogens is 3. The Kier molecular flexibility index (Phi) is 4.32. The summed E-state index contributed by atoms with van der Waals surface area (Å²) in [7, 11) is -4.05. The van der Waals surface area contributed by atoms with Crippen molar-refractivity contribution in [2.45, 2.75) is 25.3 Å². The number of hydrogen-bond donors (Lipinski definition) is 0. The second-order valence-electron chi connectivity index (χ2n) is 3.06. The molecular weight excluding hydrogens is 273 g/mol. The van der Waals surface area contributed by atoms with E-state index in [1.54, 1.807) is 0 Å². The van der Waals surface area contributed by atoms with Gasteiger partial charge in [0, 0.05) is 0 Å². The number of alkyl halides is 3. The van der Waals surface area contributed by atoms with Gasteiger partial charge in [-0.15, -0.1) is 0 Å². The van der Waals surface area contributed by atoms with Crippen LogP contribution in [0.15, 0.2) is 0 Å². The normalized spacial score (nSPS) is 31.7. The van der Waals surface area contributed by atoms with Gasteiger partial charge in [0.2, 0.25) is 0 Å². The maximum absolute atomic E-state index is 12.0. The SMILES string of the molecule is O=S1CCCS(=O)(=O)OC(CC(F)(F)F)O1. The van der Waals surface area contributed by atoms with Gasteiger partial charge in [0.25, 0.3) is 10.1 Å². The van der Waals surface area contributed by atoms with Crippen LogP contribution in [-0.2, 0) is 29.6 Å². The Balaban J connectivity index is 2.74. The molecule has 0 bridgehead atoms. The maximum Gasteiger partial charge on any atom is 0.394 e. The average molecular weight is 282 g/mol. The van der Waals surface area contributed by atoms with E-state index in [4.69, 9.17) is 0 Å². The zero-order chi connectivity index (χ0) is 12.4. The third-order valence-electron chi connectivity index (χ3n) is 1.57. The lowest BCUT2D eigenvalue weighted by Crippen LogP contribution is -2.32. The van der Waals surface area contributed by atoms with Crippen LogP contribution in [0.3, 0.4) is 0 Å². The molecule has 0 N–H and O–H groups in total. The van der Waals surface area contributed by atoms with E-state index >= 15 is 0 Å². The van der Waals surface area contributed by atoms with Gasteiger partial charge in [-0.05, 0) is 6.42 Å². The van der Waals surface area contributed by atoms with Gasteiger partial charge in [0.1, 0.15) is 0 Å². The third-order valence-corrected chi connectivity index (χ3v) is 3.92. The highest BCUT2D eigenvalue weighted by Gasteiger charge is 2.37. The Morgan fingerprint density at radius 3 is 2.56 bits per heavy atom. The molecule has 5 nitrogen and oxygen atoms in total. The summed E-state index contributed by atoms with van der Waals surface area (Å²) in [6, 6.07) is 0. The summed E-state index contributed by atoms with van der Waals surface area (Å²) < 4.78 is 77.6. The van der Waals surface area contributed by atoms with Crippen molar-refractivity contribution < 1.29 is 34.2 Å². The molecule has 0 aromatic rings. The van der Waals surface area contributed by atoms with E-state index in [9.17, 15) is 25.8 Å². The molecule has 0 amide bonds. The Bertz CT molecular complexity index is 363. The summed E-state index contributed by atoms with van der Waals surface area (Å²) in [4.78, 5) is 0. The summed E-state index contributed by atoms with van der Waals surface area (Å²) in [5.74, 6) is -0.590. The van der Waals surface area contributed by atoms with Gasteiger partial charge in [0.15, 0.2) is 17.4 Å². The lowest BCUT2D eigenvalue weighted by Gasteiger charge is -2.20. The van der Waals surface area contributed by atoms with Crippen LogP contribution in [0.4, 0.5) is 13.2 Å². The molecular formula is C6H9F3O5S2. The molecule has 0 radical (unpaired) electrons. The Labute approximate surface area is 92.7 Å². The van der Waals surface area contributed by atoms with Gasteiger partial charge in [-0.3, -0.25) is 4.18 Å². The van der Waals surface area contributed by atoms with Crippen molar-refractivity contribution in [2.75, 3.05) is 11.5 Å². The minimum atomic E-state index is -4.65. The highest BCUT2D eigenvalue weighted by Crippen LogP contribution is 2.26. The van der Waals surface area contributed by atoms with Crippen LogP contribution in [0.2, 0.25) is 0 Å². The van der Waals surface area contributed by atoms with E-state index in [0.717, 1.165) is 0 Å². The molecule has 16 heavy (non-hydrogen) atoms. The molecule has 10 heteroatoms. The molecule has 0 aliphatic carbocycles. The quantitative estimate of drug-likeness (QED) is 0.662. The topological polar surface area (TPSA) is 69.7 Å². The van der Waals surface area contributed by atoms with Gasteiger partial charge in [0.05, 0.1) is 17.9 Å². The van der Waals surface area contributed by atoms with E-state index in [2.05, 4.69) is 8.37 Å². The molecule has 0 aromatic heterocycles. The molecule has 1 aliphatic heterocycles. The summed E-state index contributed by atoms with van der Waals surface area (Å²) in [5, 5.41) is 0. The van der Waals surface area contributed by atoms with Crippen molar-refractivity contribution >= 4 is 21.2 Å². The zero-order valence-electron chi connectivity index (χ0n) is 7.90. The van der Waals surface area contributed by atoms with Crippen LogP contribution in [0.5, 0.6) is 0 Å². The fourth-order valence-corrected chi connectivity index (χ4v) is 3.09. The van der Waals surface area contributed by atoms with Crippen molar-refractivity contribution in [3.63, 3.8) is 0 Å².